The second-order valence-electron chi connectivity index (χ2n) is 8.35. The molecule has 0 saturated heterocycles. The van der Waals surface area contributed by atoms with Crippen molar-refractivity contribution in [2.24, 2.45) is 5.73 Å². The van der Waals surface area contributed by atoms with E-state index in [1.807, 2.05) is 0 Å². The van der Waals surface area contributed by atoms with Gasteiger partial charge in [-0.25, -0.2) is 4.79 Å². The van der Waals surface area contributed by atoms with Crippen LogP contribution >= 0.6 is 0 Å². The molecule has 1 amide bonds. The molecule has 190 valence electrons. The fourth-order valence-electron chi connectivity index (χ4n) is 4.32. The molecule has 10 nitrogen and oxygen atoms in total. The van der Waals surface area contributed by atoms with Crippen molar-refractivity contribution in [2.75, 3.05) is 26.1 Å². The molecule has 4 rings (SSSR count). The number of hydrogen-bond donors (Lipinski definition) is 2. The normalized spacial score (nSPS) is 16.8. The maximum Gasteiger partial charge on any atom is 0.337 e. The lowest BCUT2D eigenvalue weighted by atomic mass is 9.77. The molecule has 0 fully saturated rings. The van der Waals surface area contributed by atoms with Crippen LogP contribution in [-0.2, 0) is 19.1 Å². The van der Waals surface area contributed by atoms with Crippen molar-refractivity contribution in [3.8, 4) is 17.6 Å². The number of ether oxygens (including phenoxy) is 4. The third-order valence-corrected chi connectivity index (χ3v) is 6.07. The molecule has 10 heteroatoms. The highest BCUT2D eigenvalue weighted by molar-refractivity contribution is 5.99. The second kappa shape index (κ2) is 10.9. The lowest BCUT2D eigenvalue weighted by Crippen LogP contribution is -2.27. The number of ketones is 1. The molecule has 1 atom stereocenters. The molecule has 1 aliphatic carbocycles. The highest BCUT2D eigenvalue weighted by Crippen LogP contribution is 2.45. The number of carbonyl (C=O) groups excluding carboxylic acids is 3. The van der Waals surface area contributed by atoms with E-state index in [9.17, 15) is 19.6 Å². The van der Waals surface area contributed by atoms with E-state index in [2.05, 4.69) is 16.1 Å². The summed E-state index contributed by atoms with van der Waals surface area (Å²) in [7, 11) is 2.74. The average molecular weight is 504 g/mol. The number of esters is 1. The van der Waals surface area contributed by atoms with Crippen LogP contribution < -0.4 is 20.5 Å². The van der Waals surface area contributed by atoms with Crippen LogP contribution in [0.25, 0.3) is 0 Å². The van der Waals surface area contributed by atoms with Gasteiger partial charge >= 0.3 is 5.97 Å². The smallest absolute Gasteiger partial charge is 0.337 e. The van der Waals surface area contributed by atoms with Gasteiger partial charge in [0.15, 0.2) is 23.9 Å². The number of hydrogen-bond acceptors (Lipinski definition) is 9. The first kappa shape index (κ1) is 25.3. The van der Waals surface area contributed by atoms with Crippen LogP contribution in [0.2, 0.25) is 0 Å². The van der Waals surface area contributed by atoms with E-state index in [-0.39, 0.29) is 23.8 Å². The Bertz CT molecular complexity index is 1350. The zero-order valence-corrected chi connectivity index (χ0v) is 20.3. The molecule has 2 aromatic rings. The zero-order chi connectivity index (χ0) is 26.5. The van der Waals surface area contributed by atoms with E-state index < -0.39 is 17.8 Å². The molecule has 1 aliphatic heterocycles. The lowest BCUT2D eigenvalue weighted by molar-refractivity contribution is -0.118. The minimum atomic E-state index is -0.680. The van der Waals surface area contributed by atoms with Crippen LogP contribution in [-0.4, -0.2) is 38.5 Å². The molecule has 0 saturated carbocycles. The lowest BCUT2D eigenvalue weighted by Gasteiger charge is -2.31. The summed E-state index contributed by atoms with van der Waals surface area (Å²) in [6, 6.07) is 13.3. The SMILES string of the molecule is COC(=O)c1ccc(NC(=O)COc2ccc(C3C(C#N)=C(N)OC4=C3C(=O)CCC4)cc2OC)cc1. The minimum absolute atomic E-state index is 0.0171. The number of nitrogens with zero attached hydrogens (tertiary/aromatic N) is 1. The molecular weight excluding hydrogens is 478 g/mol. The summed E-state index contributed by atoms with van der Waals surface area (Å²) >= 11 is 0. The molecule has 0 bridgehead atoms. The second-order valence-corrected chi connectivity index (χ2v) is 8.35. The predicted molar refractivity (Wildman–Crippen MR) is 131 cm³/mol. The summed E-state index contributed by atoms with van der Waals surface area (Å²) in [5, 5.41) is 12.4. The van der Waals surface area contributed by atoms with Gasteiger partial charge in [0, 0.05) is 24.1 Å². The Kier molecular flexibility index (Phi) is 7.44. The number of anilines is 1. The molecule has 0 spiro atoms. The largest absolute Gasteiger partial charge is 0.493 e. The van der Waals surface area contributed by atoms with Gasteiger partial charge < -0.3 is 30.0 Å². The first-order valence-electron chi connectivity index (χ1n) is 11.5. The predicted octanol–water partition coefficient (Wildman–Crippen LogP) is 3.31. The third-order valence-electron chi connectivity index (χ3n) is 6.07. The topological polar surface area (TPSA) is 150 Å². The van der Waals surface area contributed by atoms with Crippen molar-refractivity contribution in [2.45, 2.75) is 25.2 Å². The summed E-state index contributed by atoms with van der Waals surface area (Å²) in [6.45, 7) is -0.310. The van der Waals surface area contributed by atoms with Gasteiger partial charge in [0.2, 0.25) is 5.88 Å². The van der Waals surface area contributed by atoms with Crippen LogP contribution in [0.1, 0.15) is 41.1 Å². The van der Waals surface area contributed by atoms with Crippen molar-refractivity contribution in [3.63, 3.8) is 0 Å². The van der Waals surface area contributed by atoms with Crippen molar-refractivity contribution < 1.29 is 33.3 Å². The molecule has 37 heavy (non-hydrogen) atoms. The molecule has 0 aromatic heterocycles. The molecule has 1 heterocycles. The third kappa shape index (κ3) is 5.26. The van der Waals surface area contributed by atoms with Crippen molar-refractivity contribution in [1.82, 2.24) is 0 Å². The zero-order valence-electron chi connectivity index (χ0n) is 20.3. The van der Waals surface area contributed by atoms with Crippen molar-refractivity contribution in [1.29, 1.82) is 5.26 Å². The number of carbonyl (C=O) groups is 3. The number of Topliss-reactive ketones (excluding diaryl/α,β-unsaturated/α-hetero) is 1. The summed E-state index contributed by atoms with van der Waals surface area (Å²) in [6.07, 6.45) is 1.60. The monoisotopic (exact) mass is 503 g/mol. The molecule has 1 unspecified atom stereocenters. The van der Waals surface area contributed by atoms with Crippen LogP contribution in [0.4, 0.5) is 5.69 Å². The Morgan fingerprint density at radius 2 is 1.89 bits per heavy atom. The van der Waals surface area contributed by atoms with E-state index >= 15 is 0 Å². The van der Waals surface area contributed by atoms with Gasteiger partial charge in [-0.2, -0.15) is 5.26 Å². The maximum atomic E-state index is 12.8. The van der Waals surface area contributed by atoms with Crippen LogP contribution in [0.15, 0.2) is 65.3 Å². The fourth-order valence-corrected chi connectivity index (χ4v) is 4.32. The number of rotatable bonds is 7. The summed E-state index contributed by atoms with van der Waals surface area (Å²) in [5.74, 6) is -0.563. The molecule has 0 radical (unpaired) electrons. The van der Waals surface area contributed by atoms with Crippen LogP contribution in [0.5, 0.6) is 11.5 Å². The van der Waals surface area contributed by atoms with Crippen LogP contribution in [0, 0.1) is 11.3 Å². The van der Waals surface area contributed by atoms with Crippen molar-refractivity contribution in [3.05, 3.63) is 76.4 Å². The highest BCUT2D eigenvalue weighted by Gasteiger charge is 2.38. The van der Waals surface area contributed by atoms with Crippen molar-refractivity contribution >= 4 is 23.3 Å². The Morgan fingerprint density at radius 1 is 1.14 bits per heavy atom. The first-order chi connectivity index (χ1) is 17.9. The summed E-state index contributed by atoms with van der Waals surface area (Å²) < 4.78 is 21.4. The summed E-state index contributed by atoms with van der Waals surface area (Å²) in [5.41, 5.74) is 8.06. The number of amides is 1. The summed E-state index contributed by atoms with van der Waals surface area (Å²) in [4.78, 5) is 36.7. The van der Waals surface area contributed by atoms with Gasteiger partial charge in [-0.1, -0.05) is 6.07 Å². The van der Waals surface area contributed by atoms with E-state index in [0.29, 0.717) is 58.9 Å². The number of benzene rings is 2. The number of methoxy groups -OCH3 is 2. The number of nitrogens with one attached hydrogen (secondary N) is 1. The van der Waals surface area contributed by atoms with Gasteiger partial charge in [0.05, 0.1) is 25.7 Å². The van der Waals surface area contributed by atoms with E-state index in [0.717, 1.165) is 0 Å². The quantitative estimate of drug-likeness (QED) is 0.542. The number of nitriles is 1. The number of nitrogens with two attached hydrogens (primary N) is 1. The van der Waals surface area contributed by atoms with Gasteiger partial charge in [-0.05, 0) is 48.4 Å². The highest BCUT2D eigenvalue weighted by atomic mass is 16.5. The number of allylic oxidation sites excluding steroid dienone is 3. The van der Waals surface area contributed by atoms with Gasteiger partial charge in [0.1, 0.15) is 17.4 Å². The Hall–Kier alpha value is -4.78. The van der Waals surface area contributed by atoms with Crippen LogP contribution in [0.3, 0.4) is 0 Å². The van der Waals surface area contributed by atoms with Gasteiger partial charge in [-0.3, -0.25) is 9.59 Å². The van der Waals surface area contributed by atoms with E-state index in [4.69, 9.17) is 19.9 Å². The average Bonchev–Trinajstić information content (AvgIpc) is 2.91. The molecule has 2 aromatic carbocycles. The van der Waals surface area contributed by atoms with E-state index in [1.165, 1.54) is 26.4 Å². The minimum Gasteiger partial charge on any atom is -0.493 e. The standard InChI is InChI=1S/C27H25N3O7/c1-34-22-12-16(24-18(13-28)26(29)37-21-5-3-4-19(31)25(21)24)8-11-20(22)36-14-23(32)30-17-9-6-15(7-10-17)27(33)35-2/h6-12,24H,3-5,14,29H2,1-2H3,(H,30,32). The Labute approximate surface area is 213 Å². The first-order valence-corrected chi connectivity index (χ1v) is 11.5. The molecule has 2 aliphatic rings. The molecule has 3 N–H and O–H groups in total. The van der Waals surface area contributed by atoms with Gasteiger partial charge in [0.25, 0.3) is 5.91 Å². The fraction of sp³-hybridized carbons (Fsp3) is 0.259. The van der Waals surface area contributed by atoms with Gasteiger partial charge in [-0.15, -0.1) is 0 Å². The maximum absolute atomic E-state index is 12.8. The van der Waals surface area contributed by atoms with E-state index in [1.54, 1.807) is 30.3 Å². The Morgan fingerprint density at radius 3 is 2.57 bits per heavy atom. The Balaban J connectivity index is 1.50. The molecular formula is C27H25N3O7.